The highest BCUT2D eigenvalue weighted by Gasteiger charge is 2.15. The molecule has 5 nitrogen and oxygen atoms in total. The lowest BCUT2D eigenvalue weighted by Gasteiger charge is -2.13. The molecule has 2 aromatic rings. The van der Waals surface area contributed by atoms with Gasteiger partial charge in [-0.15, -0.1) is 0 Å². The Morgan fingerprint density at radius 2 is 2.30 bits per heavy atom. The molecule has 6 heteroatoms. The van der Waals surface area contributed by atoms with Crippen LogP contribution in [0.1, 0.15) is 12.5 Å². The third kappa shape index (κ3) is 3.37. The molecule has 1 heterocycles. The first-order valence-corrected chi connectivity index (χ1v) is 6.46. The first-order valence-electron chi connectivity index (χ1n) is 6.08. The molecular formula is C14H13ClN4O. The minimum Gasteiger partial charge on any atom is -0.325 e. The molecule has 0 fully saturated rings. The Morgan fingerprint density at radius 3 is 2.95 bits per heavy atom. The van der Waals surface area contributed by atoms with E-state index in [1.54, 1.807) is 42.1 Å². The summed E-state index contributed by atoms with van der Waals surface area (Å²) in [6, 6.07) is 8.93. The van der Waals surface area contributed by atoms with Crippen LogP contribution in [-0.2, 0) is 11.3 Å². The van der Waals surface area contributed by atoms with Gasteiger partial charge in [-0.1, -0.05) is 30.7 Å². The molecular weight excluding hydrogens is 276 g/mol. The molecule has 1 aromatic carbocycles. The summed E-state index contributed by atoms with van der Waals surface area (Å²) in [5, 5.41) is 16.3. The number of carbonyl (C=O) groups is 1. The van der Waals surface area contributed by atoms with Crippen molar-refractivity contribution in [3.63, 3.8) is 0 Å². The van der Waals surface area contributed by atoms with Crippen LogP contribution in [0.25, 0.3) is 0 Å². The van der Waals surface area contributed by atoms with Crippen molar-refractivity contribution in [1.82, 2.24) is 9.78 Å². The fraction of sp³-hybridized carbons (Fsp3) is 0.214. The van der Waals surface area contributed by atoms with Crippen molar-refractivity contribution in [2.24, 2.45) is 5.92 Å². The summed E-state index contributed by atoms with van der Waals surface area (Å²) in [5.41, 5.74) is 0.959. The Hall–Kier alpha value is -2.32. The second kappa shape index (κ2) is 6.22. The van der Waals surface area contributed by atoms with Crippen molar-refractivity contribution >= 4 is 23.2 Å². The van der Waals surface area contributed by atoms with Gasteiger partial charge in [-0.2, -0.15) is 10.4 Å². The number of aromatic nitrogens is 2. The maximum atomic E-state index is 12.1. The van der Waals surface area contributed by atoms with Gasteiger partial charge >= 0.3 is 0 Å². The summed E-state index contributed by atoms with van der Waals surface area (Å²) in [6.07, 6.45) is 3.19. The minimum atomic E-state index is -0.294. The van der Waals surface area contributed by atoms with Gasteiger partial charge < -0.3 is 5.32 Å². The highest BCUT2D eigenvalue weighted by atomic mass is 35.5. The molecule has 0 aliphatic rings. The number of hydrogen-bond acceptors (Lipinski definition) is 3. The van der Waals surface area contributed by atoms with Gasteiger partial charge in [0.2, 0.25) is 5.91 Å². The zero-order valence-corrected chi connectivity index (χ0v) is 11.6. The number of carbonyl (C=O) groups excluding carboxylic acids is 1. The number of para-hydroxylation sites is 1. The van der Waals surface area contributed by atoms with Crippen LogP contribution in [0.15, 0.2) is 36.7 Å². The number of hydrogen-bond donors (Lipinski definition) is 1. The van der Waals surface area contributed by atoms with Crippen molar-refractivity contribution in [3.05, 3.63) is 47.2 Å². The summed E-state index contributed by atoms with van der Waals surface area (Å²) in [5.74, 6) is -0.461. The molecule has 0 unspecified atom stereocenters. The number of nitrogens with one attached hydrogen (secondary N) is 1. The van der Waals surface area contributed by atoms with Gasteiger partial charge in [0.15, 0.2) is 0 Å². The van der Waals surface area contributed by atoms with Crippen LogP contribution < -0.4 is 5.32 Å². The van der Waals surface area contributed by atoms with E-state index in [4.69, 9.17) is 16.9 Å². The monoisotopic (exact) mass is 288 g/mol. The van der Waals surface area contributed by atoms with Gasteiger partial charge in [0.05, 0.1) is 34.9 Å². The molecule has 0 radical (unpaired) electrons. The smallest absolute Gasteiger partial charge is 0.229 e. The molecule has 0 saturated heterocycles. The van der Waals surface area contributed by atoms with E-state index in [-0.39, 0.29) is 11.8 Å². The van der Waals surface area contributed by atoms with Crippen LogP contribution in [0.4, 0.5) is 5.69 Å². The Morgan fingerprint density at radius 1 is 1.55 bits per heavy atom. The third-order valence-electron chi connectivity index (χ3n) is 2.82. The van der Waals surface area contributed by atoms with E-state index in [1.165, 1.54) is 6.20 Å². The van der Waals surface area contributed by atoms with Crippen molar-refractivity contribution in [2.45, 2.75) is 13.5 Å². The fourth-order valence-electron chi connectivity index (χ4n) is 1.75. The van der Waals surface area contributed by atoms with Gasteiger partial charge in [-0.05, 0) is 12.1 Å². The molecule has 1 aromatic heterocycles. The molecule has 102 valence electrons. The average molecular weight is 289 g/mol. The number of nitriles is 1. The molecule has 0 aliphatic heterocycles. The van der Waals surface area contributed by atoms with Crippen molar-refractivity contribution < 1.29 is 4.79 Å². The van der Waals surface area contributed by atoms with E-state index < -0.39 is 0 Å². The standard InChI is InChI=1S/C14H13ClN4O/c1-10(8-19-9-12(15)7-17-19)14(20)18-13-5-3-2-4-11(13)6-16/h2-5,7,9-10H,8H2,1H3,(H,18,20)/t10-/m0/s1. The van der Waals surface area contributed by atoms with Crippen molar-refractivity contribution in [2.75, 3.05) is 5.32 Å². The maximum absolute atomic E-state index is 12.1. The summed E-state index contributed by atoms with van der Waals surface area (Å²) >= 11 is 5.77. The topological polar surface area (TPSA) is 70.7 Å². The van der Waals surface area contributed by atoms with Crippen molar-refractivity contribution in [3.8, 4) is 6.07 Å². The predicted octanol–water partition coefficient (Wildman–Crippen LogP) is 2.68. The normalized spacial score (nSPS) is 11.7. The number of amides is 1. The Balaban J connectivity index is 2.02. The van der Waals surface area contributed by atoms with E-state index in [2.05, 4.69) is 10.4 Å². The van der Waals surface area contributed by atoms with Crippen LogP contribution in [0, 0.1) is 17.2 Å². The Kier molecular flexibility index (Phi) is 4.38. The van der Waals surface area contributed by atoms with E-state index in [0.29, 0.717) is 22.8 Å². The Labute approximate surface area is 121 Å². The third-order valence-corrected chi connectivity index (χ3v) is 3.01. The first-order chi connectivity index (χ1) is 9.60. The second-order valence-electron chi connectivity index (χ2n) is 4.43. The lowest BCUT2D eigenvalue weighted by Crippen LogP contribution is -2.25. The van der Waals surface area contributed by atoms with Crippen LogP contribution in [0.5, 0.6) is 0 Å². The average Bonchev–Trinajstić information content (AvgIpc) is 2.84. The van der Waals surface area contributed by atoms with Crippen LogP contribution in [-0.4, -0.2) is 15.7 Å². The van der Waals surface area contributed by atoms with E-state index >= 15 is 0 Å². The SMILES string of the molecule is C[C@@H](Cn1cc(Cl)cn1)C(=O)Nc1ccccc1C#N. The molecule has 0 bridgehead atoms. The van der Waals surface area contributed by atoms with Gasteiger partial charge in [-0.25, -0.2) is 0 Å². The lowest BCUT2D eigenvalue weighted by molar-refractivity contribution is -0.119. The zero-order valence-electron chi connectivity index (χ0n) is 10.9. The second-order valence-corrected chi connectivity index (χ2v) is 4.86. The number of anilines is 1. The number of nitrogens with zero attached hydrogens (tertiary/aromatic N) is 3. The minimum absolute atomic E-state index is 0.167. The molecule has 1 N–H and O–H groups in total. The predicted molar refractivity (Wildman–Crippen MR) is 76.2 cm³/mol. The summed E-state index contributed by atoms with van der Waals surface area (Å²) in [6.45, 7) is 2.22. The van der Waals surface area contributed by atoms with E-state index in [0.717, 1.165) is 0 Å². The number of benzene rings is 1. The lowest BCUT2D eigenvalue weighted by atomic mass is 10.1. The Bertz CT molecular complexity index is 659. The van der Waals surface area contributed by atoms with Crippen LogP contribution >= 0.6 is 11.6 Å². The first kappa shape index (κ1) is 14.1. The van der Waals surface area contributed by atoms with Crippen LogP contribution in [0.2, 0.25) is 5.02 Å². The van der Waals surface area contributed by atoms with Gasteiger partial charge in [0.25, 0.3) is 0 Å². The summed E-state index contributed by atoms with van der Waals surface area (Å²) in [7, 11) is 0. The molecule has 1 atom stereocenters. The molecule has 0 saturated carbocycles. The quantitative estimate of drug-likeness (QED) is 0.940. The van der Waals surface area contributed by atoms with Gasteiger partial charge in [0.1, 0.15) is 6.07 Å². The number of halogens is 1. The highest BCUT2D eigenvalue weighted by Crippen LogP contribution is 2.15. The maximum Gasteiger partial charge on any atom is 0.229 e. The van der Waals surface area contributed by atoms with E-state index in [1.807, 2.05) is 6.07 Å². The van der Waals surface area contributed by atoms with E-state index in [9.17, 15) is 4.79 Å². The largest absolute Gasteiger partial charge is 0.325 e. The molecule has 20 heavy (non-hydrogen) atoms. The summed E-state index contributed by atoms with van der Waals surface area (Å²) in [4.78, 5) is 12.1. The molecule has 1 amide bonds. The van der Waals surface area contributed by atoms with Gasteiger partial charge in [0, 0.05) is 6.20 Å². The molecule has 2 rings (SSSR count). The highest BCUT2D eigenvalue weighted by molar-refractivity contribution is 6.30. The fourth-order valence-corrected chi connectivity index (χ4v) is 1.90. The van der Waals surface area contributed by atoms with Crippen molar-refractivity contribution in [1.29, 1.82) is 5.26 Å². The van der Waals surface area contributed by atoms with Crippen LogP contribution in [0.3, 0.4) is 0 Å². The summed E-state index contributed by atoms with van der Waals surface area (Å²) < 4.78 is 1.61. The van der Waals surface area contributed by atoms with Gasteiger partial charge in [-0.3, -0.25) is 9.48 Å². The molecule has 0 spiro atoms. The number of rotatable bonds is 4. The molecule has 0 aliphatic carbocycles. The zero-order chi connectivity index (χ0) is 14.5.